The monoisotopic (exact) mass is 366 g/mol. The average Bonchev–Trinajstić information content (AvgIpc) is 2.22. The van der Waals surface area contributed by atoms with Crippen LogP contribution in [-0.4, -0.2) is 61.3 Å². The van der Waals surface area contributed by atoms with Crippen molar-refractivity contribution in [3.63, 3.8) is 0 Å². The maximum absolute atomic E-state index is 10.3. The molecule has 8 heteroatoms. The van der Waals surface area contributed by atoms with Gasteiger partial charge < -0.3 is 23.1 Å². The molecule has 4 atom stereocenters. The summed E-state index contributed by atoms with van der Waals surface area (Å²) in [6, 6.07) is 0. The zero-order chi connectivity index (χ0) is 17.3. The lowest BCUT2D eigenvalue weighted by atomic mass is 10.1. The summed E-state index contributed by atoms with van der Waals surface area (Å²) in [5, 5.41) is 10.3. The smallest absolute Gasteiger partial charge is 0.184 e. The number of hydrogen-bond donors (Lipinski definition) is 1. The molecule has 5 nitrogen and oxygen atoms in total. The predicted molar refractivity (Wildman–Crippen MR) is 96.6 cm³/mol. The second-order valence-corrected chi connectivity index (χ2v) is 22.3. The van der Waals surface area contributed by atoms with Crippen molar-refractivity contribution in [3.8, 4) is 0 Å². The molecule has 132 valence electrons. The number of ether oxygens (including phenoxy) is 1. The van der Waals surface area contributed by atoms with E-state index in [2.05, 4.69) is 58.9 Å². The largest absolute Gasteiger partial charge is 0.410 e. The first-order chi connectivity index (χ1) is 9.68. The van der Waals surface area contributed by atoms with Crippen LogP contribution in [0.5, 0.6) is 0 Å². The summed E-state index contributed by atoms with van der Waals surface area (Å²) in [5.74, 6) is 0. The fourth-order valence-corrected chi connectivity index (χ4v) is 5.68. The Morgan fingerprint density at radius 2 is 1.14 bits per heavy atom. The first-order valence-corrected chi connectivity index (χ1v) is 18.2. The Morgan fingerprint density at radius 1 is 0.727 bits per heavy atom. The Labute approximate surface area is 138 Å². The van der Waals surface area contributed by atoms with E-state index in [-0.39, 0.29) is 12.2 Å². The summed E-state index contributed by atoms with van der Waals surface area (Å²) in [4.78, 5) is 0. The van der Waals surface area contributed by atoms with Crippen molar-refractivity contribution in [1.82, 2.24) is 0 Å². The lowest BCUT2D eigenvalue weighted by molar-refractivity contribution is -0.240. The Balaban J connectivity index is 3.01. The second kappa shape index (κ2) is 7.14. The van der Waals surface area contributed by atoms with Crippen LogP contribution in [0.3, 0.4) is 0 Å². The minimum atomic E-state index is -1.84. The first kappa shape index (κ1) is 20.5. The molecule has 0 aromatic rings. The van der Waals surface area contributed by atoms with Crippen molar-refractivity contribution in [2.24, 2.45) is 0 Å². The molecule has 0 spiro atoms. The van der Waals surface area contributed by atoms with Gasteiger partial charge in [0.05, 0.1) is 12.7 Å². The quantitative estimate of drug-likeness (QED) is 0.732. The maximum Gasteiger partial charge on any atom is 0.184 e. The molecular weight excluding hydrogens is 332 g/mol. The fraction of sp³-hybridized carbons (Fsp3) is 1.00. The topological polar surface area (TPSA) is 57.2 Å². The Morgan fingerprint density at radius 3 is 1.55 bits per heavy atom. The van der Waals surface area contributed by atoms with Gasteiger partial charge in [-0.15, -0.1) is 0 Å². The summed E-state index contributed by atoms with van der Waals surface area (Å²) in [6.45, 7) is 19.6. The molecule has 0 aliphatic carbocycles. The fourth-order valence-electron chi connectivity index (χ4n) is 2.40. The van der Waals surface area contributed by atoms with Gasteiger partial charge in [-0.2, -0.15) is 0 Å². The van der Waals surface area contributed by atoms with Gasteiger partial charge in [-0.1, -0.05) is 0 Å². The molecular formula is C14H34O5Si3. The Bertz CT molecular complexity index is 359. The van der Waals surface area contributed by atoms with Crippen molar-refractivity contribution in [2.45, 2.75) is 83.5 Å². The van der Waals surface area contributed by atoms with Crippen LogP contribution in [0.2, 0.25) is 58.9 Å². The van der Waals surface area contributed by atoms with E-state index < -0.39 is 37.3 Å². The summed E-state index contributed by atoms with van der Waals surface area (Å²) < 4.78 is 24.3. The van der Waals surface area contributed by atoms with Crippen LogP contribution in [0.25, 0.3) is 0 Å². The summed E-state index contributed by atoms with van der Waals surface area (Å²) in [5.41, 5.74) is 0. The lowest BCUT2D eigenvalue weighted by Gasteiger charge is -2.46. The van der Waals surface area contributed by atoms with Crippen LogP contribution < -0.4 is 0 Å². The van der Waals surface area contributed by atoms with E-state index in [1.54, 1.807) is 0 Å². The minimum Gasteiger partial charge on any atom is -0.410 e. The highest BCUT2D eigenvalue weighted by Crippen LogP contribution is 2.29. The predicted octanol–water partition coefficient (Wildman–Crippen LogP) is 3.00. The van der Waals surface area contributed by atoms with Crippen molar-refractivity contribution in [3.05, 3.63) is 0 Å². The third-order valence-corrected chi connectivity index (χ3v) is 5.86. The number of aliphatic hydroxyl groups excluding tert-OH is 1. The lowest BCUT2D eigenvalue weighted by Crippen LogP contribution is -2.61. The molecule has 0 saturated carbocycles. The zero-order valence-electron chi connectivity index (χ0n) is 15.6. The number of hydrogen-bond acceptors (Lipinski definition) is 5. The van der Waals surface area contributed by atoms with Crippen LogP contribution in [0.15, 0.2) is 0 Å². The number of rotatable bonds is 6. The maximum atomic E-state index is 10.3. The Kier molecular flexibility index (Phi) is 6.65. The van der Waals surface area contributed by atoms with Crippen LogP contribution in [0, 0.1) is 0 Å². The molecule has 1 saturated heterocycles. The highest BCUT2D eigenvalue weighted by Gasteiger charge is 2.46. The van der Waals surface area contributed by atoms with E-state index in [0.717, 1.165) is 0 Å². The van der Waals surface area contributed by atoms with Gasteiger partial charge in [-0.3, -0.25) is 0 Å². The van der Waals surface area contributed by atoms with Gasteiger partial charge in [-0.25, -0.2) is 0 Å². The standard InChI is InChI=1S/C14H34O5Si3/c1-20(2,3)17-11-10-16-14(15)13(19-22(7,8)9)12(11)18-21(4,5)6/h11-15H,10H2,1-9H3/t11-,12+,13+,14+/m1/s1. The minimum absolute atomic E-state index is 0.178. The Hall–Kier alpha value is 0.451. The van der Waals surface area contributed by atoms with Crippen LogP contribution >= 0.6 is 0 Å². The molecule has 1 aliphatic heterocycles. The van der Waals surface area contributed by atoms with Crippen molar-refractivity contribution >= 4 is 25.0 Å². The molecule has 0 aromatic carbocycles. The van der Waals surface area contributed by atoms with E-state index in [0.29, 0.717) is 6.61 Å². The molecule has 0 aromatic heterocycles. The van der Waals surface area contributed by atoms with E-state index >= 15 is 0 Å². The highest BCUT2D eigenvalue weighted by atomic mass is 28.4. The molecule has 0 unspecified atom stereocenters. The van der Waals surface area contributed by atoms with Crippen LogP contribution in [0.1, 0.15) is 0 Å². The third-order valence-electron chi connectivity index (χ3n) is 2.89. The molecule has 1 aliphatic rings. The van der Waals surface area contributed by atoms with Gasteiger partial charge in [0.1, 0.15) is 12.2 Å². The molecule has 22 heavy (non-hydrogen) atoms. The highest BCUT2D eigenvalue weighted by molar-refractivity contribution is 6.70. The van der Waals surface area contributed by atoms with Gasteiger partial charge in [0.25, 0.3) is 0 Å². The van der Waals surface area contributed by atoms with Gasteiger partial charge >= 0.3 is 0 Å². The summed E-state index contributed by atoms with van der Waals surface area (Å²) in [6.07, 6.45) is -1.87. The molecule has 0 bridgehead atoms. The third kappa shape index (κ3) is 7.35. The van der Waals surface area contributed by atoms with Gasteiger partial charge in [-0.05, 0) is 58.9 Å². The van der Waals surface area contributed by atoms with E-state index in [4.69, 9.17) is 18.0 Å². The summed E-state index contributed by atoms with van der Waals surface area (Å²) >= 11 is 0. The van der Waals surface area contributed by atoms with E-state index in [9.17, 15) is 5.11 Å². The molecule has 1 fully saturated rings. The SMILES string of the molecule is C[Si](C)(C)O[C@@H]1[C@H](O[Si](C)(C)C)[C@@H](O)OC[C@H]1O[Si](C)(C)C. The van der Waals surface area contributed by atoms with Crippen molar-refractivity contribution < 1.29 is 23.1 Å². The van der Waals surface area contributed by atoms with Crippen LogP contribution in [0.4, 0.5) is 0 Å². The van der Waals surface area contributed by atoms with Crippen molar-refractivity contribution in [1.29, 1.82) is 0 Å². The second-order valence-electron chi connectivity index (χ2n) is 8.88. The molecule has 1 rings (SSSR count). The first-order valence-electron chi connectivity index (χ1n) is 8.01. The average molecular weight is 367 g/mol. The van der Waals surface area contributed by atoms with Crippen LogP contribution in [-0.2, 0) is 18.0 Å². The zero-order valence-corrected chi connectivity index (χ0v) is 18.6. The van der Waals surface area contributed by atoms with E-state index in [1.807, 2.05) is 0 Å². The van der Waals surface area contributed by atoms with Gasteiger partial charge in [0.15, 0.2) is 31.2 Å². The molecule has 0 amide bonds. The van der Waals surface area contributed by atoms with Crippen molar-refractivity contribution in [2.75, 3.05) is 6.61 Å². The number of aliphatic hydroxyl groups is 1. The summed E-state index contributed by atoms with van der Waals surface area (Å²) in [7, 11) is -5.39. The van der Waals surface area contributed by atoms with E-state index in [1.165, 1.54) is 0 Å². The molecule has 1 N–H and O–H groups in total. The molecule has 1 heterocycles. The van der Waals surface area contributed by atoms with Gasteiger partial charge in [0.2, 0.25) is 0 Å². The normalized spacial score (nSPS) is 31.4. The van der Waals surface area contributed by atoms with Gasteiger partial charge in [0, 0.05) is 0 Å². The molecule has 0 radical (unpaired) electrons.